The fourth-order valence-electron chi connectivity index (χ4n) is 3.99. The van der Waals surface area contributed by atoms with Crippen LogP contribution in [0.5, 0.6) is 5.75 Å². The molecule has 1 N–H and O–H groups in total. The number of hydrogen-bond donors (Lipinski definition) is 1. The van der Waals surface area contributed by atoms with Gasteiger partial charge in [-0.25, -0.2) is 9.29 Å². The van der Waals surface area contributed by atoms with Crippen molar-refractivity contribution in [3.8, 4) is 5.75 Å². The lowest BCUT2D eigenvalue weighted by atomic mass is 9.87. The van der Waals surface area contributed by atoms with Crippen LogP contribution in [-0.4, -0.2) is 79.7 Å². The maximum atomic E-state index is 14.2. The highest BCUT2D eigenvalue weighted by molar-refractivity contribution is 6.32. The lowest BCUT2D eigenvalue weighted by Gasteiger charge is -2.42. The molecule has 1 aliphatic heterocycles. The first-order chi connectivity index (χ1) is 18.0. The van der Waals surface area contributed by atoms with Gasteiger partial charge in [0.1, 0.15) is 5.75 Å². The first kappa shape index (κ1) is 32.0. The maximum Gasteiger partial charge on any atom is 0.573 e. The lowest BCUT2D eigenvalue weighted by molar-refractivity contribution is -0.274. The summed E-state index contributed by atoms with van der Waals surface area (Å²) in [5.74, 6) is -3.10. The molecule has 1 heterocycles. The molecule has 216 valence electrons. The molecule has 2 rings (SSSR count). The van der Waals surface area contributed by atoms with Gasteiger partial charge in [0.2, 0.25) is 0 Å². The Morgan fingerprint density at radius 1 is 1.18 bits per heavy atom. The highest BCUT2D eigenvalue weighted by Crippen LogP contribution is 2.35. The van der Waals surface area contributed by atoms with Crippen LogP contribution in [0.25, 0.3) is 0 Å². The van der Waals surface area contributed by atoms with Gasteiger partial charge >= 0.3 is 12.7 Å². The predicted octanol–water partition coefficient (Wildman–Crippen LogP) is 4.60. The SMILES string of the molecule is C=N/C=C(\C=NC)[C@](C)(C(=O)NC1CCN(C(F)(F)F)CC1)N(C(=O)[C@H](F)Cl)c1ccc(OC(F)(F)F)cc1. The van der Waals surface area contributed by atoms with E-state index in [4.69, 9.17) is 11.6 Å². The second-order valence-corrected chi connectivity index (χ2v) is 8.83. The number of halogens is 8. The van der Waals surface area contributed by atoms with Crippen LogP contribution in [0.15, 0.2) is 46.0 Å². The minimum atomic E-state index is -5.02. The zero-order chi connectivity index (χ0) is 29.6. The topological polar surface area (TPSA) is 86.6 Å². The van der Waals surface area contributed by atoms with E-state index in [2.05, 4.69) is 26.8 Å². The molecule has 2 amide bonds. The Kier molecular flexibility index (Phi) is 10.5. The van der Waals surface area contributed by atoms with E-state index in [0.717, 1.165) is 36.7 Å². The normalized spacial score (nSPS) is 18.4. The van der Waals surface area contributed by atoms with Crippen molar-refractivity contribution < 1.29 is 45.1 Å². The molecular formula is C23H25ClF7N5O3. The number of aliphatic imine (C=N–C) groups is 2. The van der Waals surface area contributed by atoms with Gasteiger partial charge in [-0.1, -0.05) is 11.6 Å². The van der Waals surface area contributed by atoms with Crippen LogP contribution in [0.1, 0.15) is 19.8 Å². The van der Waals surface area contributed by atoms with Crippen molar-refractivity contribution in [1.29, 1.82) is 0 Å². The van der Waals surface area contributed by atoms with E-state index < -0.39 is 60.5 Å². The number of nitrogens with one attached hydrogen (secondary N) is 1. The average molecular weight is 588 g/mol. The van der Waals surface area contributed by atoms with Gasteiger partial charge in [0.05, 0.1) is 0 Å². The number of carbonyl (C=O) groups is 2. The van der Waals surface area contributed by atoms with E-state index in [1.807, 2.05) is 0 Å². The molecule has 0 spiro atoms. The summed E-state index contributed by atoms with van der Waals surface area (Å²) in [6.45, 7) is 3.66. The highest BCUT2D eigenvalue weighted by Gasteiger charge is 2.49. The fraction of sp³-hybridized carbons (Fsp3) is 0.478. The summed E-state index contributed by atoms with van der Waals surface area (Å²) in [6, 6.07) is 2.84. The molecule has 1 aromatic carbocycles. The Hall–Kier alpha value is -3.20. The molecule has 0 aliphatic carbocycles. The molecule has 1 aromatic rings. The summed E-state index contributed by atoms with van der Waals surface area (Å²) in [6.07, 6.45) is -7.60. The minimum absolute atomic E-state index is 0.0966. The molecule has 39 heavy (non-hydrogen) atoms. The van der Waals surface area contributed by atoms with Crippen molar-refractivity contribution >= 4 is 42.0 Å². The number of likely N-dealkylation sites (tertiary alicyclic amines) is 1. The molecule has 0 saturated carbocycles. The number of ether oxygens (including phenoxy) is 1. The van der Waals surface area contributed by atoms with Crippen molar-refractivity contribution in [2.24, 2.45) is 9.98 Å². The molecule has 1 fully saturated rings. The lowest BCUT2D eigenvalue weighted by Crippen LogP contribution is -2.63. The van der Waals surface area contributed by atoms with E-state index in [0.29, 0.717) is 4.90 Å². The van der Waals surface area contributed by atoms with E-state index in [-0.39, 0.29) is 29.0 Å². The third-order valence-electron chi connectivity index (χ3n) is 5.87. The third kappa shape index (κ3) is 8.14. The van der Waals surface area contributed by atoms with E-state index in [1.54, 1.807) is 0 Å². The summed E-state index contributed by atoms with van der Waals surface area (Å²) in [4.78, 5) is 35.1. The van der Waals surface area contributed by atoms with Gasteiger partial charge in [0.15, 0.2) is 5.54 Å². The molecule has 0 radical (unpaired) electrons. The van der Waals surface area contributed by atoms with Gasteiger partial charge in [-0.2, -0.15) is 13.2 Å². The van der Waals surface area contributed by atoms with Crippen molar-refractivity contribution in [3.63, 3.8) is 0 Å². The summed E-state index contributed by atoms with van der Waals surface area (Å²) >= 11 is 5.45. The molecule has 16 heteroatoms. The molecule has 0 bridgehead atoms. The largest absolute Gasteiger partial charge is 0.573 e. The fourth-order valence-corrected chi connectivity index (χ4v) is 4.09. The Labute approximate surface area is 224 Å². The van der Waals surface area contributed by atoms with Crippen LogP contribution >= 0.6 is 11.6 Å². The van der Waals surface area contributed by atoms with Crippen molar-refractivity contribution in [3.05, 3.63) is 36.0 Å². The Morgan fingerprint density at radius 2 is 1.74 bits per heavy atom. The number of anilines is 1. The first-order valence-electron chi connectivity index (χ1n) is 11.2. The number of hydrogen-bond acceptors (Lipinski definition) is 6. The number of rotatable bonds is 9. The molecule has 1 aliphatic rings. The quantitative estimate of drug-likeness (QED) is 0.198. The number of alkyl halides is 8. The van der Waals surface area contributed by atoms with E-state index >= 15 is 0 Å². The van der Waals surface area contributed by atoms with Crippen LogP contribution in [0.3, 0.4) is 0 Å². The number of benzene rings is 1. The average Bonchev–Trinajstić information content (AvgIpc) is 2.83. The first-order valence-corrected chi connectivity index (χ1v) is 11.7. The second-order valence-electron chi connectivity index (χ2n) is 8.45. The number of carbonyl (C=O) groups excluding carboxylic acids is 2. The van der Waals surface area contributed by atoms with Gasteiger partial charge in [-0.05, 0) is 50.7 Å². The van der Waals surface area contributed by atoms with E-state index in [1.165, 1.54) is 14.0 Å². The number of amides is 2. The monoisotopic (exact) mass is 587 g/mol. The van der Waals surface area contributed by atoms with Crippen molar-refractivity contribution in [1.82, 2.24) is 10.2 Å². The Bertz CT molecular complexity index is 1090. The van der Waals surface area contributed by atoms with Crippen molar-refractivity contribution in [2.45, 2.75) is 49.6 Å². The summed E-state index contributed by atoms with van der Waals surface area (Å²) in [5.41, 5.74) is -5.28. The molecular weight excluding hydrogens is 563 g/mol. The zero-order valence-corrected chi connectivity index (χ0v) is 21.4. The zero-order valence-electron chi connectivity index (χ0n) is 20.7. The van der Waals surface area contributed by atoms with Crippen LogP contribution < -0.4 is 15.0 Å². The molecule has 1 saturated heterocycles. The van der Waals surface area contributed by atoms with Gasteiger partial charge in [0, 0.05) is 49.9 Å². The van der Waals surface area contributed by atoms with Gasteiger partial charge in [-0.3, -0.25) is 24.5 Å². The Balaban J connectivity index is 2.57. The second kappa shape index (κ2) is 12.8. The van der Waals surface area contributed by atoms with Gasteiger partial charge in [0.25, 0.3) is 17.4 Å². The number of nitrogens with zero attached hydrogens (tertiary/aromatic N) is 4. The molecule has 0 unspecified atom stereocenters. The molecule has 8 nitrogen and oxygen atoms in total. The maximum absolute atomic E-state index is 14.2. The highest BCUT2D eigenvalue weighted by atomic mass is 35.5. The summed E-state index contributed by atoms with van der Waals surface area (Å²) < 4.78 is 94.9. The minimum Gasteiger partial charge on any atom is -0.406 e. The van der Waals surface area contributed by atoms with Gasteiger partial charge < -0.3 is 10.1 Å². The van der Waals surface area contributed by atoms with Crippen LogP contribution in [0.2, 0.25) is 0 Å². The van der Waals surface area contributed by atoms with E-state index in [9.17, 15) is 40.3 Å². The van der Waals surface area contributed by atoms with Crippen molar-refractivity contribution in [2.75, 3.05) is 25.0 Å². The van der Waals surface area contributed by atoms with Gasteiger partial charge in [-0.15, -0.1) is 13.2 Å². The standard InChI is InChI=1S/C23H25ClF7N5O3/c1-21(14(12-32-2)13-33-3,20(38)34-15-8-10-35(11-9-15)22(26,27)28)36(19(37)18(24)25)16-4-6-17(7-5-16)39-23(29,30)31/h4-7,12-13,15,18H,2,8-11H2,1,3H3,(H,34,38)/b14-12+,33-13?/t18-,21+/m0/s1. The summed E-state index contributed by atoms with van der Waals surface area (Å²) in [5, 5.41) is 2.58. The smallest absolute Gasteiger partial charge is 0.406 e. The molecule has 2 atom stereocenters. The Morgan fingerprint density at radius 3 is 2.18 bits per heavy atom. The third-order valence-corrected chi connectivity index (χ3v) is 6.06. The number of piperidine rings is 1. The van der Waals surface area contributed by atoms with Crippen LogP contribution in [0, 0.1) is 0 Å². The molecule has 0 aromatic heterocycles. The van der Waals surface area contributed by atoms with Crippen LogP contribution in [-0.2, 0) is 9.59 Å². The van der Waals surface area contributed by atoms with Crippen LogP contribution in [0.4, 0.5) is 36.4 Å². The predicted molar refractivity (Wildman–Crippen MR) is 131 cm³/mol. The summed E-state index contributed by atoms with van der Waals surface area (Å²) in [7, 11) is 1.32.